The molecular formula is C13H22N2O3. The second kappa shape index (κ2) is 6.60. The summed E-state index contributed by atoms with van der Waals surface area (Å²) in [4.78, 5) is 13.6. The van der Waals surface area contributed by atoms with Gasteiger partial charge in [-0.2, -0.15) is 5.26 Å². The third-order valence-corrected chi connectivity index (χ3v) is 2.69. The van der Waals surface area contributed by atoms with Gasteiger partial charge in [0.15, 0.2) is 0 Å². The third kappa shape index (κ3) is 5.37. The Balaban J connectivity index is 2.39. The Labute approximate surface area is 109 Å². The smallest absolute Gasteiger partial charge is 0.410 e. The maximum absolute atomic E-state index is 11.9. The lowest BCUT2D eigenvalue weighted by atomic mass is 9.99. The fourth-order valence-corrected chi connectivity index (χ4v) is 1.96. The highest BCUT2D eigenvalue weighted by atomic mass is 16.6. The molecule has 0 bridgehead atoms. The molecule has 0 aromatic carbocycles. The maximum Gasteiger partial charge on any atom is 0.410 e. The molecule has 0 unspecified atom stereocenters. The molecule has 0 aliphatic carbocycles. The van der Waals surface area contributed by atoms with E-state index in [4.69, 9.17) is 14.7 Å². The van der Waals surface area contributed by atoms with E-state index in [1.165, 1.54) is 0 Å². The minimum atomic E-state index is -0.457. The summed E-state index contributed by atoms with van der Waals surface area (Å²) < 4.78 is 10.6. The molecule has 0 saturated carbocycles. The highest BCUT2D eigenvalue weighted by Crippen LogP contribution is 2.19. The number of hydrogen-bond donors (Lipinski definition) is 0. The molecule has 0 spiro atoms. The molecule has 5 nitrogen and oxygen atoms in total. The van der Waals surface area contributed by atoms with Gasteiger partial charge in [0.25, 0.3) is 0 Å². The number of ether oxygens (including phenoxy) is 2. The summed E-state index contributed by atoms with van der Waals surface area (Å²) in [5.74, 6) is 0.305. The van der Waals surface area contributed by atoms with Gasteiger partial charge in [-0.25, -0.2) is 4.79 Å². The van der Waals surface area contributed by atoms with Crippen LogP contribution in [-0.2, 0) is 9.47 Å². The molecule has 5 heteroatoms. The van der Waals surface area contributed by atoms with Gasteiger partial charge in [-0.15, -0.1) is 0 Å². The Morgan fingerprint density at radius 2 is 2.22 bits per heavy atom. The van der Waals surface area contributed by atoms with Crippen molar-refractivity contribution in [3.8, 4) is 6.07 Å². The number of likely N-dealkylation sites (tertiary alicyclic amines) is 1. The molecule has 18 heavy (non-hydrogen) atoms. The largest absolute Gasteiger partial charge is 0.444 e. The van der Waals surface area contributed by atoms with Crippen molar-refractivity contribution < 1.29 is 14.3 Å². The van der Waals surface area contributed by atoms with Crippen LogP contribution in [0.15, 0.2) is 0 Å². The Kier molecular flexibility index (Phi) is 5.42. The standard InChI is InChI=1S/C13H22N2O3/c1-13(2,3)18-12(16)15-7-4-5-11(9-15)10-17-8-6-14/h11H,4-5,7-10H2,1-3H3/t11-/m0/s1. The molecule has 102 valence electrons. The van der Waals surface area contributed by atoms with E-state index in [1.54, 1.807) is 4.90 Å². The lowest BCUT2D eigenvalue weighted by Crippen LogP contribution is -2.43. The molecule has 0 aromatic rings. The summed E-state index contributed by atoms with van der Waals surface area (Å²) in [7, 11) is 0. The van der Waals surface area contributed by atoms with E-state index in [9.17, 15) is 4.79 Å². The number of nitrogens with zero attached hydrogens (tertiary/aromatic N) is 2. The average Bonchev–Trinajstić information content (AvgIpc) is 2.27. The summed E-state index contributed by atoms with van der Waals surface area (Å²) >= 11 is 0. The Bertz CT molecular complexity index is 317. The number of piperidine rings is 1. The van der Waals surface area contributed by atoms with Crippen LogP contribution in [0.1, 0.15) is 33.6 Å². The van der Waals surface area contributed by atoms with Gasteiger partial charge in [-0.3, -0.25) is 0 Å². The van der Waals surface area contributed by atoms with Crippen molar-refractivity contribution in [1.29, 1.82) is 5.26 Å². The monoisotopic (exact) mass is 254 g/mol. The number of rotatable bonds is 3. The van der Waals surface area contributed by atoms with E-state index >= 15 is 0 Å². The zero-order chi connectivity index (χ0) is 13.6. The van der Waals surface area contributed by atoms with Gasteiger partial charge < -0.3 is 14.4 Å². The van der Waals surface area contributed by atoms with Gasteiger partial charge in [0, 0.05) is 19.0 Å². The van der Waals surface area contributed by atoms with Gasteiger partial charge in [0.05, 0.1) is 12.7 Å². The van der Waals surface area contributed by atoms with E-state index in [2.05, 4.69) is 0 Å². The summed E-state index contributed by atoms with van der Waals surface area (Å²) in [6, 6.07) is 1.94. The van der Waals surface area contributed by atoms with Gasteiger partial charge >= 0.3 is 6.09 Å². The molecule has 1 amide bonds. The molecule has 1 aliphatic rings. The molecule has 1 saturated heterocycles. The fourth-order valence-electron chi connectivity index (χ4n) is 1.96. The Hall–Kier alpha value is -1.28. The third-order valence-electron chi connectivity index (χ3n) is 2.69. The number of nitriles is 1. The summed E-state index contributed by atoms with van der Waals surface area (Å²) in [6.07, 6.45) is 1.73. The quantitative estimate of drug-likeness (QED) is 0.724. The summed E-state index contributed by atoms with van der Waals surface area (Å²) in [5.41, 5.74) is -0.457. The highest BCUT2D eigenvalue weighted by Gasteiger charge is 2.27. The Morgan fingerprint density at radius 3 is 2.83 bits per heavy atom. The predicted octanol–water partition coefficient (Wildman–Crippen LogP) is 2.17. The second-order valence-corrected chi connectivity index (χ2v) is 5.61. The highest BCUT2D eigenvalue weighted by molar-refractivity contribution is 5.68. The first kappa shape index (κ1) is 14.8. The molecule has 1 fully saturated rings. The van der Waals surface area contributed by atoms with Crippen molar-refractivity contribution in [3.63, 3.8) is 0 Å². The van der Waals surface area contributed by atoms with Crippen LogP contribution >= 0.6 is 0 Å². The van der Waals surface area contributed by atoms with Gasteiger partial charge in [-0.1, -0.05) is 0 Å². The van der Waals surface area contributed by atoms with E-state index in [0.29, 0.717) is 19.1 Å². The molecule has 1 heterocycles. The van der Waals surface area contributed by atoms with E-state index < -0.39 is 5.60 Å². The number of carbonyl (C=O) groups excluding carboxylic acids is 1. The molecular weight excluding hydrogens is 232 g/mol. The fraction of sp³-hybridized carbons (Fsp3) is 0.846. The zero-order valence-electron chi connectivity index (χ0n) is 11.4. The van der Waals surface area contributed by atoms with Crippen LogP contribution in [0.3, 0.4) is 0 Å². The maximum atomic E-state index is 11.9. The van der Waals surface area contributed by atoms with Crippen LogP contribution in [0.25, 0.3) is 0 Å². The first-order chi connectivity index (χ1) is 8.42. The minimum Gasteiger partial charge on any atom is -0.444 e. The lowest BCUT2D eigenvalue weighted by molar-refractivity contribution is 0.00946. The molecule has 0 radical (unpaired) electrons. The van der Waals surface area contributed by atoms with Crippen LogP contribution in [0.4, 0.5) is 4.79 Å². The normalized spacial score (nSPS) is 20.3. The molecule has 0 N–H and O–H groups in total. The van der Waals surface area contributed by atoms with Crippen molar-refractivity contribution in [3.05, 3.63) is 0 Å². The number of hydrogen-bond acceptors (Lipinski definition) is 4. The van der Waals surface area contributed by atoms with Crippen LogP contribution < -0.4 is 0 Å². The van der Waals surface area contributed by atoms with E-state index in [1.807, 2.05) is 26.8 Å². The van der Waals surface area contributed by atoms with Crippen LogP contribution in [0.2, 0.25) is 0 Å². The van der Waals surface area contributed by atoms with E-state index in [0.717, 1.165) is 19.4 Å². The summed E-state index contributed by atoms with van der Waals surface area (Å²) in [5, 5.41) is 8.40. The average molecular weight is 254 g/mol. The lowest BCUT2D eigenvalue weighted by Gasteiger charge is -2.33. The number of carbonyl (C=O) groups is 1. The van der Waals surface area contributed by atoms with Gasteiger partial charge in [0.2, 0.25) is 0 Å². The molecule has 1 atom stereocenters. The van der Waals surface area contributed by atoms with Crippen molar-refractivity contribution in [1.82, 2.24) is 4.90 Å². The van der Waals surface area contributed by atoms with Gasteiger partial charge in [-0.05, 0) is 33.6 Å². The van der Waals surface area contributed by atoms with Crippen LogP contribution in [0, 0.1) is 17.2 Å². The first-order valence-electron chi connectivity index (χ1n) is 6.35. The second-order valence-electron chi connectivity index (χ2n) is 5.61. The summed E-state index contributed by atoms with van der Waals surface area (Å²) in [6.45, 7) is 7.63. The molecule has 1 rings (SSSR count). The molecule has 0 aromatic heterocycles. The van der Waals surface area contributed by atoms with Crippen molar-refractivity contribution in [2.24, 2.45) is 5.92 Å². The van der Waals surface area contributed by atoms with Crippen LogP contribution in [-0.4, -0.2) is 42.9 Å². The minimum absolute atomic E-state index is 0.114. The van der Waals surface area contributed by atoms with Crippen molar-refractivity contribution >= 4 is 6.09 Å². The van der Waals surface area contributed by atoms with Crippen molar-refractivity contribution in [2.45, 2.75) is 39.2 Å². The first-order valence-corrected chi connectivity index (χ1v) is 6.35. The number of amides is 1. The Morgan fingerprint density at radius 1 is 1.50 bits per heavy atom. The topological polar surface area (TPSA) is 62.6 Å². The predicted molar refractivity (Wildman–Crippen MR) is 67.0 cm³/mol. The molecule has 1 aliphatic heterocycles. The van der Waals surface area contributed by atoms with Crippen molar-refractivity contribution in [2.75, 3.05) is 26.3 Å². The SMILES string of the molecule is CC(C)(C)OC(=O)N1CCC[C@H](COCC#N)C1. The van der Waals surface area contributed by atoms with Gasteiger partial charge in [0.1, 0.15) is 12.2 Å². The van der Waals surface area contributed by atoms with E-state index in [-0.39, 0.29) is 12.7 Å². The zero-order valence-corrected chi connectivity index (χ0v) is 11.4. The van der Waals surface area contributed by atoms with Crippen LogP contribution in [0.5, 0.6) is 0 Å².